The number of likely N-dealkylation sites (N-methyl/N-ethyl adjacent to an activating group) is 2. The van der Waals surface area contributed by atoms with Crippen LogP contribution in [0.15, 0.2) is 24.3 Å². The summed E-state index contributed by atoms with van der Waals surface area (Å²) in [5.41, 5.74) is 2.80. The molecule has 1 rings (SSSR count). The minimum atomic E-state index is 0.569. The van der Waals surface area contributed by atoms with Crippen molar-refractivity contribution in [3.8, 4) is 0 Å². The van der Waals surface area contributed by atoms with Gasteiger partial charge in [-0.2, -0.15) is 0 Å². The third-order valence-electron chi connectivity index (χ3n) is 3.86. The van der Waals surface area contributed by atoms with Gasteiger partial charge in [-0.05, 0) is 37.1 Å². The van der Waals surface area contributed by atoms with Crippen molar-refractivity contribution in [1.29, 1.82) is 0 Å². The van der Waals surface area contributed by atoms with Crippen LogP contribution in [0, 0.1) is 0 Å². The van der Waals surface area contributed by atoms with Crippen molar-refractivity contribution in [3.05, 3.63) is 35.4 Å². The molecule has 0 saturated carbocycles. The quantitative estimate of drug-likeness (QED) is 0.634. The predicted octanol–water partition coefficient (Wildman–Crippen LogP) is 3.26. The van der Waals surface area contributed by atoms with Gasteiger partial charge in [0.25, 0.3) is 0 Å². The summed E-state index contributed by atoms with van der Waals surface area (Å²) in [7, 11) is 0. The number of nitrogens with zero attached hydrogens (tertiary/aromatic N) is 1. The number of ether oxygens (including phenoxy) is 1. The molecule has 1 unspecified atom stereocenters. The molecule has 1 aromatic rings. The molecule has 0 saturated heterocycles. The van der Waals surface area contributed by atoms with Gasteiger partial charge in [-0.15, -0.1) is 0 Å². The van der Waals surface area contributed by atoms with E-state index in [-0.39, 0.29) is 0 Å². The molecule has 21 heavy (non-hydrogen) atoms. The highest BCUT2D eigenvalue weighted by atomic mass is 16.5. The summed E-state index contributed by atoms with van der Waals surface area (Å²) in [5.74, 6) is 0.569. The Bertz CT molecular complexity index is 364. The molecule has 1 N–H and O–H groups in total. The van der Waals surface area contributed by atoms with Crippen molar-refractivity contribution in [1.82, 2.24) is 10.2 Å². The van der Waals surface area contributed by atoms with Gasteiger partial charge in [-0.25, -0.2) is 0 Å². The lowest BCUT2D eigenvalue weighted by molar-refractivity contribution is 0.113. The fraction of sp³-hybridized carbons (Fsp3) is 0.667. The van der Waals surface area contributed by atoms with Gasteiger partial charge in [0.2, 0.25) is 0 Å². The highest BCUT2D eigenvalue weighted by Gasteiger charge is 2.07. The summed E-state index contributed by atoms with van der Waals surface area (Å²) < 4.78 is 5.44. The van der Waals surface area contributed by atoms with E-state index >= 15 is 0 Å². The first-order valence-corrected chi connectivity index (χ1v) is 8.30. The molecule has 0 heterocycles. The minimum Gasteiger partial charge on any atom is -0.380 e. The topological polar surface area (TPSA) is 24.5 Å². The largest absolute Gasteiger partial charge is 0.380 e. The molecule has 0 radical (unpaired) electrons. The number of hydrogen-bond acceptors (Lipinski definition) is 3. The van der Waals surface area contributed by atoms with Gasteiger partial charge in [0, 0.05) is 26.2 Å². The lowest BCUT2D eigenvalue weighted by Crippen LogP contribution is -2.27. The van der Waals surface area contributed by atoms with Crippen molar-refractivity contribution >= 4 is 0 Å². The average molecular weight is 292 g/mol. The molecule has 3 heteroatoms. The molecule has 0 aliphatic carbocycles. The van der Waals surface area contributed by atoms with E-state index in [0.29, 0.717) is 5.92 Å². The maximum atomic E-state index is 5.44. The monoisotopic (exact) mass is 292 g/mol. The third kappa shape index (κ3) is 7.07. The summed E-state index contributed by atoms with van der Waals surface area (Å²) in [6, 6.07) is 9.07. The molecule has 0 spiro atoms. The third-order valence-corrected chi connectivity index (χ3v) is 3.86. The van der Waals surface area contributed by atoms with Gasteiger partial charge in [-0.3, -0.25) is 4.90 Å². The Labute approximate surface area is 130 Å². The summed E-state index contributed by atoms with van der Waals surface area (Å²) in [6.45, 7) is 15.5. The van der Waals surface area contributed by atoms with Gasteiger partial charge in [0.1, 0.15) is 0 Å². The molecule has 0 aromatic heterocycles. The molecule has 0 aliphatic rings. The highest BCUT2D eigenvalue weighted by molar-refractivity contribution is 5.25. The average Bonchev–Trinajstić information content (AvgIpc) is 2.52. The maximum Gasteiger partial charge on any atom is 0.0593 e. The van der Waals surface area contributed by atoms with Crippen LogP contribution >= 0.6 is 0 Å². The zero-order valence-corrected chi connectivity index (χ0v) is 14.2. The standard InChI is InChI=1S/C18H32N2O/c1-5-19-14-16(4)18-10-8-17(9-11-18)15-20(6-2)12-13-21-7-3/h8-11,16,19H,5-7,12-15H2,1-4H3. The Morgan fingerprint density at radius 3 is 2.43 bits per heavy atom. The number of hydrogen-bond donors (Lipinski definition) is 1. The maximum absolute atomic E-state index is 5.44. The van der Waals surface area contributed by atoms with E-state index in [0.717, 1.165) is 45.9 Å². The van der Waals surface area contributed by atoms with Crippen molar-refractivity contribution in [2.24, 2.45) is 0 Å². The Morgan fingerprint density at radius 1 is 1.14 bits per heavy atom. The van der Waals surface area contributed by atoms with E-state index in [1.807, 2.05) is 6.92 Å². The first-order chi connectivity index (χ1) is 10.2. The van der Waals surface area contributed by atoms with Crippen LogP contribution in [-0.2, 0) is 11.3 Å². The molecule has 0 fully saturated rings. The summed E-state index contributed by atoms with van der Waals surface area (Å²) in [5, 5.41) is 3.41. The molecule has 0 aliphatic heterocycles. The Morgan fingerprint density at radius 2 is 1.86 bits per heavy atom. The summed E-state index contributed by atoms with van der Waals surface area (Å²) in [4.78, 5) is 2.42. The number of nitrogens with one attached hydrogen (secondary N) is 1. The second kappa shape index (κ2) is 10.8. The lowest BCUT2D eigenvalue weighted by atomic mass is 9.99. The zero-order chi connectivity index (χ0) is 15.5. The summed E-state index contributed by atoms with van der Waals surface area (Å²) >= 11 is 0. The van der Waals surface area contributed by atoms with Crippen LogP contribution in [-0.4, -0.2) is 44.3 Å². The fourth-order valence-electron chi connectivity index (χ4n) is 2.38. The molecular weight excluding hydrogens is 260 g/mol. The number of rotatable bonds is 11. The van der Waals surface area contributed by atoms with Crippen LogP contribution in [0.3, 0.4) is 0 Å². The lowest BCUT2D eigenvalue weighted by Gasteiger charge is -2.20. The Balaban J connectivity index is 2.48. The molecule has 1 aromatic carbocycles. The zero-order valence-electron chi connectivity index (χ0n) is 14.2. The first-order valence-electron chi connectivity index (χ1n) is 8.30. The van der Waals surface area contributed by atoms with Crippen LogP contribution in [0.25, 0.3) is 0 Å². The van der Waals surface area contributed by atoms with Crippen molar-refractivity contribution in [2.45, 2.75) is 40.2 Å². The van der Waals surface area contributed by atoms with E-state index in [9.17, 15) is 0 Å². The van der Waals surface area contributed by atoms with Crippen LogP contribution in [0.2, 0.25) is 0 Å². The summed E-state index contributed by atoms with van der Waals surface area (Å²) in [6.07, 6.45) is 0. The van der Waals surface area contributed by atoms with Gasteiger partial charge in [0.15, 0.2) is 0 Å². The van der Waals surface area contributed by atoms with Gasteiger partial charge < -0.3 is 10.1 Å². The molecular formula is C18H32N2O. The van der Waals surface area contributed by atoms with E-state index in [1.165, 1.54) is 11.1 Å². The van der Waals surface area contributed by atoms with Gasteiger partial charge in [0.05, 0.1) is 6.61 Å². The second-order valence-corrected chi connectivity index (χ2v) is 5.52. The van der Waals surface area contributed by atoms with Crippen LogP contribution in [0.1, 0.15) is 44.7 Å². The normalized spacial score (nSPS) is 12.8. The van der Waals surface area contributed by atoms with E-state index < -0.39 is 0 Å². The highest BCUT2D eigenvalue weighted by Crippen LogP contribution is 2.16. The van der Waals surface area contributed by atoms with Crippen molar-refractivity contribution in [2.75, 3.05) is 39.4 Å². The molecule has 0 amide bonds. The Hall–Kier alpha value is -0.900. The van der Waals surface area contributed by atoms with E-state index in [2.05, 4.69) is 55.3 Å². The van der Waals surface area contributed by atoms with Gasteiger partial charge >= 0.3 is 0 Å². The van der Waals surface area contributed by atoms with Crippen molar-refractivity contribution in [3.63, 3.8) is 0 Å². The van der Waals surface area contributed by atoms with Gasteiger partial charge in [-0.1, -0.05) is 45.0 Å². The molecule has 0 bridgehead atoms. The number of benzene rings is 1. The van der Waals surface area contributed by atoms with E-state index in [4.69, 9.17) is 4.74 Å². The first kappa shape index (κ1) is 18.1. The van der Waals surface area contributed by atoms with Crippen LogP contribution in [0.4, 0.5) is 0 Å². The van der Waals surface area contributed by atoms with Crippen LogP contribution in [0.5, 0.6) is 0 Å². The van der Waals surface area contributed by atoms with Crippen molar-refractivity contribution < 1.29 is 4.74 Å². The van der Waals surface area contributed by atoms with Crippen LogP contribution < -0.4 is 5.32 Å². The van der Waals surface area contributed by atoms with E-state index in [1.54, 1.807) is 0 Å². The minimum absolute atomic E-state index is 0.569. The Kier molecular flexibility index (Phi) is 9.31. The SMILES string of the molecule is CCNCC(C)c1ccc(CN(CC)CCOCC)cc1. The molecule has 120 valence electrons. The molecule has 1 atom stereocenters. The predicted molar refractivity (Wildman–Crippen MR) is 90.8 cm³/mol. The molecule has 3 nitrogen and oxygen atoms in total. The second-order valence-electron chi connectivity index (χ2n) is 5.52. The fourth-order valence-corrected chi connectivity index (χ4v) is 2.38. The smallest absolute Gasteiger partial charge is 0.0593 e.